The van der Waals surface area contributed by atoms with Gasteiger partial charge in [0.1, 0.15) is 0 Å². The van der Waals surface area contributed by atoms with E-state index >= 15 is 0 Å². The average Bonchev–Trinajstić information content (AvgIpc) is 2.67. The van der Waals surface area contributed by atoms with Crippen molar-refractivity contribution in [3.63, 3.8) is 0 Å². The fourth-order valence-corrected chi connectivity index (χ4v) is 1.49. The van der Waals surface area contributed by atoms with Crippen molar-refractivity contribution in [2.75, 3.05) is 6.61 Å². The van der Waals surface area contributed by atoms with Gasteiger partial charge in [0.05, 0.1) is 6.61 Å². The highest BCUT2D eigenvalue weighted by molar-refractivity contribution is 5.37. The zero-order valence-electron chi connectivity index (χ0n) is 9.13. The highest BCUT2D eigenvalue weighted by Crippen LogP contribution is 2.24. The molecule has 0 atom stereocenters. The molecule has 0 unspecified atom stereocenters. The first-order chi connectivity index (χ1) is 7.77. The lowest BCUT2D eigenvalue weighted by molar-refractivity contribution is 0.300. The number of aryl methyl sites for hydroxylation is 1. The van der Waals surface area contributed by atoms with Crippen LogP contribution in [-0.4, -0.2) is 21.5 Å². The predicted molar refractivity (Wildman–Crippen MR) is 60.5 cm³/mol. The summed E-state index contributed by atoms with van der Waals surface area (Å²) < 4.78 is 7.29. The third-order valence-corrected chi connectivity index (χ3v) is 2.40. The molecule has 1 aromatic heterocycles. The summed E-state index contributed by atoms with van der Waals surface area (Å²) in [5.74, 6) is 0.692. The molecule has 0 fully saturated rings. The lowest BCUT2D eigenvalue weighted by Gasteiger charge is -2.07. The second kappa shape index (κ2) is 4.70. The van der Waals surface area contributed by atoms with Crippen LogP contribution in [0.15, 0.2) is 36.5 Å². The van der Waals surface area contributed by atoms with Crippen molar-refractivity contribution < 1.29 is 9.84 Å². The topological polar surface area (TPSA) is 47.3 Å². The van der Waals surface area contributed by atoms with Gasteiger partial charge in [0.25, 0.3) is 0 Å². The summed E-state index contributed by atoms with van der Waals surface area (Å²) in [6.07, 6.45) is 2.53. The van der Waals surface area contributed by atoms with Crippen LogP contribution in [0.4, 0.5) is 0 Å². The Morgan fingerprint density at radius 1 is 1.31 bits per heavy atom. The minimum Gasteiger partial charge on any atom is -0.504 e. The molecule has 2 rings (SSSR count). The zero-order chi connectivity index (χ0) is 11.4. The summed E-state index contributed by atoms with van der Waals surface area (Å²) >= 11 is 0. The van der Waals surface area contributed by atoms with Gasteiger partial charge in [0.2, 0.25) is 0 Å². The highest BCUT2D eigenvalue weighted by Gasteiger charge is 2.02. The number of ether oxygens (including phenoxy) is 1. The molecule has 16 heavy (non-hydrogen) atoms. The molecule has 0 saturated heterocycles. The monoisotopic (exact) mass is 218 g/mol. The van der Waals surface area contributed by atoms with Crippen molar-refractivity contribution in [3.8, 4) is 11.5 Å². The molecule has 0 aliphatic rings. The number of benzene rings is 1. The number of rotatable bonds is 4. The quantitative estimate of drug-likeness (QED) is 0.850. The summed E-state index contributed by atoms with van der Waals surface area (Å²) in [6.45, 7) is 0.525. The van der Waals surface area contributed by atoms with E-state index in [2.05, 4.69) is 5.10 Å². The summed E-state index contributed by atoms with van der Waals surface area (Å²) in [5.41, 5.74) is 1.11. The van der Waals surface area contributed by atoms with E-state index in [0.717, 1.165) is 12.1 Å². The van der Waals surface area contributed by atoms with Crippen LogP contribution in [0.2, 0.25) is 0 Å². The van der Waals surface area contributed by atoms with Crippen LogP contribution >= 0.6 is 0 Å². The van der Waals surface area contributed by atoms with Crippen LogP contribution in [0.25, 0.3) is 0 Å². The molecule has 2 aromatic rings. The maximum atomic E-state index is 9.48. The minimum atomic E-state index is 0.174. The molecule has 4 nitrogen and oxygen atoms in total. The lowest BCUT2D eigenvalue weighted by atomic mass is 10.3. The number of hydrogen-bond donors (Lipinski definition) is 1. The summed E-state index contributed by atoms with van der Waals surface area (Å²) in [6, 6.07) is 8.91. The third-order valence-electron chi connectivity index (χ3n) is 2.40. The lowest BCUT2D eigenvalue weighted by Crippen LogP contribution is -2.05. The first-order valence-corrected chi connectivity index (χ1v) is 5.15. The van der Waals surface area contributed by atoms with Crippen molar-refractivity contribution in [2.24, 2.45) is 7.05 Å². The molecule has 84 valence electrons. The number of hydrogen-bond acceptors (Lipinski definition) is 3. The number of phenols is 1. The normalized spacial score (nSPS) is 10.3. The van der Waals surface area contributed by atoms with Gasteiger partial charge in [-0.25, -0.2) is 0 Å². The van der Waals surface area contributed by atoms with Crippen molar-refractivity contribution in [2.45, 2.75) is 6.42 Å². The molecule has 0 aliphatic heterocycles. The van der Waals surface area contributed by atoms with E-state index in [1.165, 1.54) is 0 Å². The fourth-order valence-electron chi connectivity index (χ4n) is 1.49. The molecule has 1 heterocycles. The number of phenolic OH excluding ortho intramolecular Hbond substituents is 1. The molecule has 0 saturated carbocycles. The second-order valence-electron chi connectivity index (χ2n) is 3.51. The van der Waals surface area contributed by atoms with Crippen LogP contribution < -0.4 is 4.74 Å². The minimum absolute atomic E-state index is 0.174. The summed E-state index contributed by atoms with van der Waals surface area (Å²) in [4.78, 5) is 0. The van der Waals surface area contributed by atoms with Crippen molar-refractivity contribution in [1.82, 2.24) is 9.78 Å². The van der Waals surface area contributed by atoms with E-state index in [9.17, 15) is 5.11 Å². The van der Waals surface area contributed by atoms with E-state index in [1.54, 1.807) is 24.4 Å². The highest BCUT2D eigenvalue weighted by atomic mass is 16.5. The molecular formula is C12H14N2O2. The van der Waals surface area contributed by atoms with Crippen molar-refractivity contribution >= 4 is 0 Å². The Morgan fingerprint density at radius 2 is 2.12 bits per heavy atom. The first-order valence-electron chi connectivity index (χ1n) is 5.15. The SMILES string of the molecule is Cn1nccc1CCOc1ccccc1O. The Kier molecular flexibility index (Phi) is 3.10. The standard InChI is InChI=1S/C12H14N2O2/c1-14-10(6-8-13-14)7-9-16-12-5-3-2-4-11(12)15/h2-6,8,15H,7,9H2,1H3. The van der Waals surface area contributed by atoms with Gasteiger partial charge in [-0.3, -0.25) is 4.68 Å². The Morgan fingerprint density at radius 3 is 2.81 bits per heavy atom. The van der Waals surface area contributed by atoms with Gasteiger partial charge >= 0.3 is 0 Å². The van der Waals surface area contributed by atoms with Crippen LogP contribution in [0.1, 0.15) is 5.69 Å². The number of aromatic nitrogens is 2. The van der Waals surface area contributed by atoms with Gasteiger partial charge in [0, 0.05) is 25.4 Å². The maximum Gasteiger partial charge on any atom is 0.160 e. The first kappa shape index (κ1) is 10.5. The van der Waals surface area contributed by atoms with Gasteiger partial charge in [-0.1, -0.05) is 12.1 Å². The van der Waals surface area contributed by atoms with Crippen LogP contribution in [0.3, 0.4) is 0 Å². The van der Waals surface area contributed by atoms with Gasteiger partial charge in [-0.15, -0.1) is 0 Å². The number of nitrogens with zero attached hydrogens (tertiary/aromatic N) is 2. The Bertz CT molecular complexity index is 466. The van der Waals surface area contributed by atoms with E-state index in [4.69, 9.17) is 4.74 Å². The van der Waals surface area contributed by atoms with Gasteiger partial charge in [0.15, 0.2) is 11.5 Å². The molecule has 1 aromatic carbocycles. The fraction of sp³-hybridized carbons (Fsp3) is 0.250. The van der Waals surface area contributed by atoms with Gasteiger partial charge < -0.3 is 9.84 Å². The van der Waals surface area contributed by atoms with Gasteiger partial charge in [-0.2, -0.15) is 5.10 Å². The molecule has 0 aliphatic carbocycles. The second-order valence-corrected chi connectivity index (χ2v) is 3.51. The molecule has 0 amide bonds. The van der Waals surface area contributed by atoms with E-state index in [0.29, 0.717) is 12.4 Å². The molecule has 0 bridgehead atoms. The van der Waals surface area contributed by atoms with Crippen molar-refractivity contribution in [3.05, 3.63) is 42.2 Å². The number of aromatic hydroxyl groups is 1. The molecule has 0 spiro atoms. The molecule has 4 heteroatoms. The summed E-state index contributed by atoms with van der Waals surface area (Å²) in [5, 5.41) is 13.6. The molecule has 1 N–H and O–H groups in total. The van der Waals surface area contributed by atoms with E-state index < -0.39 is 0 Å². The Balaban J connectivity index is 1.89. The molecular weight excluding hydrogens is 204 g/mol. The van der Waals surface area contributed by atoms with Crippen LogP contribution in [-0.2, 0) is 13.5 Å². The van der Waals surface area contributed by atoms with Gasteiger partial charge in [-0.05, 0) is 18.2 Å². The Hall–Kier alpha value is -1.97. The number of para-hydroxylation sites is 2. The Labute approximate surface area is 94.1 Å². The van der Waals surface area contributed by atoms with Crippen molar-refractivity contribution in [1.29, 1.82) is 0 Å². The average molecular weight is 218 g/mol. The smallest absolute Gasteiger partial charge is 0.160 e. The third kappa shape index (κ3) is 2.34. The van der Waals surface area contributed by atoms with Crippen LogP contribution in [0, 0.1) is 0 Å². The zero-order valence-corrected chi connectivity index (χ0v) is 9.13. The predicted octanol–water partition coefficient (Wildman–Crippen LogP) is 1.75. The molecule has 0 radical (unpaired) electrons. The van der Waals surface area contributed by atoms with E-state index in [-0.39, 0.29) is 5.75 Å². The van der Waals surface area contributed by atoms with Crippen LogP contribution in [0.5, 0.6) is 11.5 Å². The largest absolute Gasteiger partial charge is 0.504 e. The summed E-state index contributed by atoms with van der Waals surface area (Å²) in [7, 11) is 1.90. The maximum absolute atomic E-state index is 9.48. The van der Waals surface area contributed by atoms with E-state index in [1.807, 2.05) is 23.9 Å².